The largest absolute Gasteiger partial charge is 0.359 e. The minimum absolute atomic E-state index is 0. The van der Waals surface area contributed by atoms with Crippen LogP contribution in [0.1, 0.15) is 44.6 Å². The molecule has 0 radical (unpaired) electrons. The second-order valence-corrected chi connectivity index (χ2v) is 5.62. The van der Waals surface area contributed by atoms with Gasteiger partial charge in [0.15, 0.2) is 11.7 Å². The van der Waals surface area contributed by atoms with Crippen molar-refractivity contribution in [1.29, 1.82) is 0 Å². The molecule has 2 aromatic rings. The van der Waals surface area contributed by atoms with E-state index in [1.807, 2.05) is 29.9 Å². The van der Waals surface area contributed by atoms with Gasteiger partial charge in [-0.2, -0.15) is 5.10 Å². The van der Waals surface area contributed by atoms with Gasteiger partial charge in [0.25, 0.3) is 0 Å². The first-order chi connectivity index (χ1) is 11.2. The molecule has 0 aliphatic rings. The van der Waals surface area contributed by atoms with Crippen molar-refractivity contribution in [1.82, 2.24) is 25.6 Å². The molecule has 2 rings (SSSR count). The first kappa shape index (κ1) is 20.5. The van der Waals surface area contributed by atoms with Crippen LogP contribution in [0.2, 0.25) is 0 Å². The summed E-state index contributed by atoms with van der Waals surface area (Å²) in [4.78, 5) is 4.53. The van der Waals surface area contributed by atoms with Gasteiger partial charge in [0.05, 0.1) is 5.69 Å². The van der Waals surface area contributed by atoms with E-state index < -0.39 is 0 Å². The Kier molecular flexibility index (Phi) is 9.43. The molecule has 2 aromatic heterocycles. The SMILES string of the molecule is CCNC(=NCc1cc(C(C)C)no1)NCCCn1cccn1.I. The lowest BCUT2D eigenvalue weighted by atomic mass is 10.1. The second-order valence-electron chi connectivity index (χ2n) is 5.62. The van der Waals surface area contributed by atoms with Crippen LogP contribution in [0, 0.1) is 0 Å². The van der Waals surface area contributed by atoms with Crippen LogP contribution in [0.3, 0.4) is 0 Å². The van der Waals surface area contributed by atoms with E-state index in [1.165, 1.54) is 0 Å². The van der Waals surface area contributed by atoms with Gasteiger partial charge in [-0.3, -0.25) is 4.68 Å². The van der Waals surface area contributed by atoms with Crippen molar-refractivity contribution in [2.75, 3.05) is 13.1 Å². The third kappa shape index (κ3) is 6.90. The van der Waals surface area contributed by atoms with Crippen molar-refractivity contribution in [2.24, 2.45) is 4.99 Å². The van der Waals surface area contributed by atoms with Gasteiger partial charge in [-0.05, 0) is 25.3 Å². The molecule has 24 heavy (non-hydrogen) atoms. The standard InChI is InChI=1S/C16H26N6O.HI/c1-4-17-16(18-7-5-9-22-10-6-8-20-22)19-12-14-11-15(13(2)3)21-23-14;/h6,8,10-11,13H,4-5,7,9,12H2,1-3H3,(H2,17,18,19);1H. The summed E-state index contributed by atoms with van der Waals surface area (Å²) in [6.45, 7) is 9.25. The van der Waals surface area contributed by atoms with Gasteiger partial charge >= 0.3 is 0 Å². The molecule has 0 atom stereocenters. The highest BCUT2D eigenvalue weighted by Crippen LogP contribution is 2.14. The van der Waals surface area contributed by atoms with Crippen molar-refractivity contribution in [3.8, 4) is 0 Å². The summed E-state index contributed by atoms with van der Waals surface area (Å²) in [5.74, 6) is 1.93. The lowest BCUT2D eigenvalue weighted by Gasteiger charge is -2.10. The van der Waals surface area contributed by atoms with Crippen LogP contribution >= 0.6 is 24.0 Å². The van der Waals surface area contributed by atoms with Crippen LogP contribution in [-0.4, -0.2) is 34.0 Å². The third-order valence-corrected chi connectivity index (χ3v) is 3.32. The summed E-state index contributed by atoms with van der Waals surface area (Å²) in [6, 6.07) is 3.90. The Morgan fingerprint density at radius 3 is 2.83 bits per heavy atom. The molecule has 8 heteroatoms. The van der Waals surface area contributed by atoms with E-state index in [2.05, 4.69) is 39.7 Å². The summed E-state index contributed by atoms with van der Waals surface area (Å²) in [5.41, 5.74) is 0.965. The molecular weight excluding hydrogens is 419 g/mol. The Morgan fingerprint density at radius 2 is 2.21 bits per heavy atom. The van der Waals surface area contributed by atoms with Crippen LogP contribution in [0.15, 0.2) is 34.0 Å². The summed E-state index contributed by atoms with van der Waals surface area (Å²) in [7, 11) is 0. The molecule has 0 aliphatic heterocycles. The van der Waals surface area contributed by atoms with E-state index in [9.17, 15) is 0 Å². The molecule has 0 aromatic carbocycles. The summed E-state index contributed by atoms with van der Waals surface area (Å²) < 4.78 is 7.23. The van der Waals surface area contributed by atoms with Gasteiger partial charge in [-0.25, -0.2) is 4.99 Å². The molecule has 134 valence electrons. The van der Waals surface area contributed by atoms with E-state index in [4.69, 9.17) is 4.52 Å². The van der Waals surface area contributed by atoms with Crippen LogP contribution in [0.25, 0.3) is 0 Å². The third-order valence-electron chi connectivity index (χ3n) is 3.32. The minimum Gasteiger partial charge on any atom is -0.359 e. The van der Waals surface area contributed by atoms with Gasteiger partial charge in [0, 0.05) is 38.1 Å². The number of aryl methyl sites for hydroxylation is 1. The number of guanidine groups is 1. The van der Waals surface area contributed by atoms with Gasteiger partial charge in [-0.15, -0.1) is 24.0 Å². The lowest BCUT2D eigenvalue weighted by Crippen LogP contribution is -2.38. The monoisotopic (exact) mass is 446 g/mol. The van der Waals surface area contributed by atoms with Crippen LogP contribution < -0.4 is 10.6 Å². The molecule has 0 unspecified atom stereocenters. The highest BCUT2D eigenvalue weighted by molar-refractivity contribution is 14.0. The second kappa shape index (κ2) is 11.1. The smallest absolute Gasteiger partial charge is 0.191 e. The molecule has 0 saturated carbocycles. The fraction of sp³-hybridized carbons (Fsp3) is 0.562. The first-order valence-electron chi connectivity index (χ1n) is 8.14. The Balaban J connectivity index is 0.00000288. The van der Waals surface area contributed by atoms with Crippen molar-refractivity contribution < 1.29 is 4.52 Å². The Hall–Kier alpha value is -1.58. The molecule has 2 N–H and O–H groups in total. The average molecular weight is 446 g/mol. The topological polar surface area (TPSA) is 80.3 Å². The molecule has 0 aliphatic carbocycles. The van der Waals surface area contributed by atoms with E-state index in [1.54, 1.807) is 6.20 Å². The fourth-order valence-electron chi connectivity index (χ4n) is 2.05. The highest BCUT2D eigenvalue weighted by Gasteiger charge is 2.07. The average Bonchev–Trinajstić information content (AvgIpc) is 3.20. The van der Waals surface area contributed by atoms with Crippen LogP contribution in [-0.2, 0) is 13.1 Å². The molecule has 0 fully saturated rings. The maximum absolute atomic E-state index is 5.30. The molecule has 0 bridgehead atoms. The van der Waals surface area contributed by atoms with E-state index in [-0.39, 0.29) is 24.0 Å². The molecule has 7 nitrogen and oxygen atoms in total. The number of aliphatic imine (C=N–C) groups is 1. The van der Waals surface area contributed by atoms with E-state index >= 15 is 0 Å². The fourth-order valence-corrected chi connectivity index (χ4v) is 2.05. The number of nitrogens with zero attached hydrogens (tertiary/aromatic N) is 4. The number of nitrogens with one attached hydrogen (secondary N) is 2. The Labute approximate surface area is 160 Å². The van der Waals surface area contributed by atoms with Gasteiger partial charge < -0.3 is 15.2 Å². The Morgan fingerprint density at radius 1 is 1.38 bits per heavy atom. The Bertz CT molecular complexity index is 593. The van der Waals surface area contributed by atoms with Crippen molar-refractivity contribution >= 4 is 29.9 Å². The predicted octanol–water partition coefficient (Wildman–Crippen LogP) is 2.76. The summed E-state index contributed by atoms with van der Waals surface area (Å²) in [6.07, 6.45) is 4.74. The van der Waals surface area contributed by atoms with Crippen molar-refractivity contribution in [3.63, 3.8) is 0 Å². The number of rotatable bonds is 8. The van der Waals surface area contributed by atoms with Crippen molar-refractivity contribution in [2.45, 2.75) is 46.2 Å². The number of halogens is 1. The molecular formula is C16H27IN6O. The zero-order valence-corrected chi connectivity index (χ0v) is 16.9. The van der Waals surface area contributed by atoms with Gasteiger partial charge in [-0.1, -0.05) is 19.0 Å². The summed E-state index contributed by atoms with van der Waals surface area (Å²) >= 11 is 0. The van der Waals surface area contributed by atoms with E-state index in [0.29, 0.717) is 12.5 Å². The zero-order valence-electron chi connectivity index (χ0n) is 14.5. The van der Waals surface area contributed by atoms with Gasteiger partial charge in [0.2, 0.25) is 0 Å². The predicted molar refractivity (Wildman–Crippen MR) is 106 cm³/mol. The van der Waals surface area contributed by atoms with E-state index in [0.717, 1.165) is 43.5 Å². The summed E-state index contributed by atoms with van der Waals surface area (Å²) in [5, 5.41) is 14.8. The normalized spacial score (nSPS) is 11.4. The van der Waals surface area contributed by atoms with Gasteiger partial charge in [0.1, 0.15) is 6.54 Å². The zero-order chi connectivity index (χ0) is 16.5. The molecule has 2 heterocycles. The van der Waals surface area contributed by atoms with Crippen LogP contribution in [0.5, 0.6) is 0 Å². The number of hydrogen-bond acceptors (Lipinski definition) is 4. The molecule has 0 amide bonds. The maximum atomic E-state index is 5.30. The lowest BCUT2D eigenvalue weighted by molar-refractivity contribution is 0.376. The highest BCUT2D eigenvalue weighted by atomic mass is 127. The quantitative estimate of drug-likeness (QED) is 0.282. The molecule has 0 saturated heterocycles. The number of hydrogen-bond donors (Lipinski definition) is 2. The minimum atomic E-state index is 0. The molecule has 0 spiro atoms. The first-order valence-corrected chi connectivity index (χ1v) is 8.14. The number of aromatic nitrogens is 3. The van der Waals surface area contributed by atoms with Crippen LogP contribution in [0.4, 0.5) is 0 Å². The van der Waals surface area contributed by atoms with Crippen molar-refractivity contribution in [3.05, 3.63) is 36.0 Å². The maximum Gasteiger partial charge on any atom is 0.191 e.